The predicted octanol–water partition coefficient (Wildman–Crippen LogP) is 3.17. The maximum atomic E-state index is 10.6. The molecule has 0 bridgehead atoms. The van der Waals surface area contributed by atoms with Crippen molar-refractivity contribution in [3.63, 3.8) is 0 Å². The highest BCUT2D eigenvalue weighted by atomic mass is 35.5. The lowest BCUT2D eigenvalue weighted by Gasteiger charge is -1.96. The first kappa shape index (κ1) is 9.23. The highest BCUT2D eigenvalue weighted by Crippen LogP contribution is 2.40. The van der Waals surface area contributed by atoms with Crippen LogP contribution in [0, 0.1) is 10.1 Å². The van der Waals surface area contributed by atoms with Crippen molar-refractivity contribution in [3.05, 3.63) is 32.6 Å². The fraction of sp³-hybridized carbons (Fsp3) is 0. The molecule has 1 aromatic carbocycles. The predicted molar refractivity (Wildman–Crippen MR) is 55.2 cm³/mol. The second kappa shape index (κ2) is 3.11. The van der Waals surface area contributed by atoms with Crippen LogP contribution >= 0.6 is 22.9 Å². The number of phenols is 1. The van der Waals surface area contributed by atoms with Gasteiger partial charge in [0.05, 0.1) is 20.7 Å². The van der Waals surface area contributed by atoms with E-state index in [4.69, 9.17) is 11.6 Å². The molecule has 0 aliphatic carbocycles. The van der Waals surface area contributed by atoms with Crippen LogP contribution in [0.2, 0.25) is 5.02 Å². The molecule has 0 atom stereocenters. The Morgan fingerprint density at radius 2 is 2.21 bits per heavy atom. The highest BCUT2D eigenvalue weighted by molar-refractivity contribution is 7.17. The van der Waals surface area contributed by atoms with Crippen molar-refractivity contribution in [2.45, 2.75) is 0 Å². The summed E-state index contributed by atoms with van der Waals surface area (Å²) in [6.45, 7) is 0. The first-order valence-electron chi connectivity index (χ1n) is 3.64. The molecule has 0 unspecified atom stereocenters. The third kappa shape index (κ3) is 1.21. The fourth-order valence-corrected chi connectivity index (χ4v) is 2.43. The summed E-state index contributed by atoms with van der Waals surface area (Å²) in [7, 11) is 0. The summed E-state index contributed by atoms with van der Waals surface area (Å²) in [5, 5.41) is 21.7. The number of aromatic hydroxyl groups is 1. The molecular formula is C8H4ClNO3S. The van der Waals surface area contributed by atoms with Crippen LogP contribution < -0.4 is 0 Å². The Morgan fingerprint density at radius 1 is 1.50 bits per heavy atom. The molecule has 2 aromatic rings. The van der Waals surface area contributed by atoms with Gasteiger partial charge in [0.25, 0.3) is 5.69 Å². The van der Waals surface area contributed by atoms with Crippen molar-refractivity contribution in [2.24, 2.45) is 0 Å². The number of nitrogens with zero attached hydrogens (tertiary/aromatic N) is 1. The summed E-state index contributed by atoms with van der Waals surface area (Å²) >= 11 is 7.00. The van der Waals surface area contributed by atoms with Gasteiger partial charge in [0, 0.05) is 4.70 Å². The van der Waals surface area contributed by atoms with E-state index < -0.39 is 4.92 Å². The average molecular weight is 230 g/mol. The Kier molecular flexibility index (Phi) is 2.05. The molecule has 4 nitrogen and oxygen atoms in total. The summed E-state index contributed by atoms with van der Waals surface area (Å²) in [6.07, 6.45) is 0. The van der Waals surface area contributed by atoms with Gasteiger partial charge in [-0.05, 0) is 12.1 Å². The highest BCUT2D eigenvalue weighted by Gasteiger charge is 2.18. The van der Waals surface area contributed by atoms with Crippen LogP contribution in [0.25, 0.3) is 10.1 Å². The molecular weight excluding hydrogens is 226 g/mol. The SMILES string of the molecule is O=[N+]([O-])c1csc2ccc(O)c(Cl)c12. The second-order valence-corrected chi connectivity index (χ2v) is 3.94. The van der Waals surface area contributed by atoms with Crippen molar-refractivity contribution in [3.8, 4) is 5.75 Å². The molecule has 0 radical (unpaired) electrons. The first-order chi connectivity index (χ1) is 6.61. The lowest BCUT2D eigenvalue weighted by Crippen LogP contribution is -1.85. The molecule has 1 heterocycles. The van der Waals surface area contributed by atoms with E-state index in [0.29, 0.717) is 10.1 Å². The second-order valence-electron chi connectivity index (χ2n) is 2.65. The number of nitro groups is 1. The number of hydrogen-bond acceptors (Lipinski definition) is 4. The van der Waals surface area contributed by atoms with E-state index in [9.17, 15) is 15.2 Å². The molecule has 72 valence electrons. The molecule has 0 aliphatic rings. The van der Waals surface area contributed by atoms with Crippen LogP contribution in [-0.2, 0) is 0 Å². The number of hydrogen-bond donors (Lipinski definition) is 1. The summed E-state index contributed by atoms with van der Waals surface area (Å²) in [5.41, 5.74) is -0.0640. The van der Waals surface area contributed by atoms with Crippen molar-refractivity contribution < 1.29 is 10.0 Å². The molecule has 14 heavy (non-hydrogen) atoms. The Bertz CT molecular complexity index is 523. The van der Waals surface area contributed by atoms with E-state index in [1.165, 1.54) is 22.8 Å². The summed E-state index contributed by atoms with van der Waals surface area (Å²) in [5.74, 6) is -0.138. The molecule has 0 aliphatic heterocycles. The van der Waals surface area contributed by atoms with Crippen molar-refractivity contribution in [1.82, 2.24) is 0 Å². The Balaban J connectivity index is 2.89. The van der Waals surface area contributed by atoms with Gasteiger partial charge in [-0.2, -0.15) is 0 Å². The van der Waals surface area contributed by atoms with Crippen LogP contribution in [0.3, 0.4) is 0 Å². The lowest BCUT2D eigenvalue weighted by atomic mass is 10.2. The zero-order valence-electron chi connectivity index (χ0n) is 6.73. The maximum absolute atomic E-state index is 10.6. The van der Waals surface area contributed by atoms with E-state index in [2.05, 4.69) is 0 Å². The summed E-state index contributed by atoms with van der Waals surface area (Å²) < 4.78 is 0.694. The molecule has 6 heteroatoms. The van der Waals surface area contributed by atoms with Gasteiger partial charge < -0.3 is 5.11 Å². The Labute approximate surface area is 87.5 Å². The minimum absolute atomic E-state index is 0.0375. The van der Waals surface area contributed by atoms with Gasteiger partial charge in [-0.15, -0.1) is 11.3 Å². The molecule has 0 saturated heterocycles. The van der Waals surface area contributed by atoms with Crippen molar-refractivity contribution in [1.29, 1.82) is 0 Å². The van der Waals surface area contributed by atoms with E-state index in [1.54, 1.807) is 6.07 Å². The number of thiophene rings is 1. The van der Waals surface area contributed by atoms with Crippen LogP contribution in [-0.4, -0.2) is 10.0 Å². The lowest BCUT2D eigenvalue weighted by molar-refractivity contribution is -0.382. The maximum Gasteiger partial charge on any atom is 0.289 e. The molecule has 0 amide bonds. The minimum Gasteiger partial charge on any atom is -0.506 e. The van der Waals surface area contributed by atoms with E-state index in [0.717, 1.165) is 0 Å². The smallest absolute Gasteiger partial charge is 0.289 e. The van der Waals surface area contributed by atoms with Crippen LogP contribution in [0.4, 0.5) is 5.69 Å². The zero-order chi connectivity index (χ0) is 10.3. The Hall–Kier alpha value is -1.33. The Morgan fingerprint density at radius 3 is 2.86 bits per heavy atom. The monoisotopic (exact) mass is 229 g/mol. The van der Waals surface area contributed by atoms with E-state index in [-0.39, 0.29) is 16.5 Å². The van der Waals surface area contributed by atoms with Gasteiger partial charge >= 0.3 is 0 Å². The van der Waals surface area contributed by atoms with Gasteiger partial charge in [0.15, 0.2) is 0 Å². The van der Waals surface area contributed by atoms with E-state index >= 15 is 0 Å². The summed E-state index contributed by atoms with van der Waals surface area (Å²) in [4.78, 5) is 10.1. The fourth-order valence-electron chi connectivity index (χ4n) is 1.20. The third-order valence-electron chi connectivity index (χ3n) is 1.83. The van der Waals surface area contributed by atoms with Crippen molar-refractivity contribution >= 4 is 38.7 Å². The standard InChI is InChI=1S/C8H4ClNO3S/c9-8-5(11)1-2-6-7(8)4(3-14-6)10(12)13/h1-3,11H. The zero-order valence-corrected chi connectivity index (χ0v) is 8.30. The van der Waals surface area contributed by atoms with Gasteiger partial charge in [0.1, 0.15) is 5.75 Å². The minimum atomic E-state index is -0.510. The molecule has 1 aromatic heterocycles. The number of phenolic OH excluding ortho intramolecular Hbond substituents is 1. The number of halogens is 1. The first-order valence-corrected chi connectivity index (χ1v) is 4.90. The van der Waals surface area contributed by atoms with Crippen LogP contribution in [0.15, 0.2) is 17.5 Å². The summed E-state index contributed by atoms with van der Waals surface area (Å²) in [6, 6.07) is 3.03. The quantitative estimate of drug-likeness (QED) is 0.603. The number of benzene rings is 1. The van der Waals surface area contributed by atoms with Gasteiger partial charge in [-0.25, -0.2) is 0 Å². The van der Waals surface area contributed by atoms with Crippen LogP contribution in [0.1, 0.15) is 0 Å². The van der Waals surface area contributed by atoms with E-state index in [1.807, 2.05) is 0 Å². The van der Waals surface area contributed by atoms with Gasteiger partial charge in [-0.3, -0.25) is 10.1 Å². The average Bonchev–Trinajstić information content (AvgIpc) is 2.55. The largest absolute Gasteiger partial charge is 0.506 e. The van der Waals surface area contributed by atoms with Gasteiger partial charge in [-0.1, -0.05) is 11.6 Å². The van der Waals surface area contributed by atoms with Crippen LogP contribution in [0.5, 0.6) is 5.75 Å². The number of rotatable bonds is 1. The number of fused-ring (bicyclic) bond motifs is 1. The molecule has 1 N–H and O–H groups in total. The molecule has 0 spiro atoms. The third-order valence-corrected chi connectivity index (χ3v) is 3.15. The topological polar surface area (TPSA) is 63.4 Å². The normalized spacial score (nSPS) is 10.6. The molecule has 0 fully saturated rings. The van der Waals surface area contributed by atoms with Gasteiger partial charge in [0.2, 0.25) is 0 Å². The molecule has 0 saturated carbocycles. The van der Waals surface area contributed by atoms with Crippen molar-refractivity contribution in [2.75, 3.05) is 0 Å². The molecule has 2 rings (SSSR count).